The first-order valence-electron chi connectivity index (χ1n) is 8.39. The Morgan fingerprint density at radius 1 is 1.18 bits per heavy atom. The highest BCUT2D eigenvalue weighted by Crippen LogP contribution is 2.38. The Hall–Kier alpha value is -1.55. The molecule has 0 radical (unpaired) electrons. The number of nitrogens with two attached hydrogens (primary N) is 1. The van der Waals surface area contributed by atoms with Crippen molar-refractivity contribution in [2.24, 2.45) is 11.1 Å². The van der Waals surface area contributed by atoms with Gasteiger partial charge in [-0.05, 0) is 43.4 Å². The van der Waals surface area contributed by atoms with Crippen molar-refractivity contribution in [3.63, 3.8) is 0 Å². The molecule has 0 heterocycles. The molecule has 1 saturated carbocycles. The Balaban J connectivity index is 1.61. The smallest absolute Gasteiger partial charge is 0.220 e. The lowest BCUT2D eigenvalue weighted by atomic mass is 9.71. The fourth-order valence-corrected chi connectivity index (χ4v) is 3.16. The Morgan fingerprint density at radius 3 is 2.59 bits per heavy atom. The van der Waals surface area contributed by atoms with Crippen molar-refractivity contribution in [3.05, 3.63) is 30.3 Å². The number of nitrogens with one attached hydrogen (secondary N) is 1. The first kappa shape index (κ1) is 16.8. The fraction of sp³-hybridized carbons (Fsp3) is 0.611. The van der Waals surface area contributed by atoms with Crippen LogP contribution in [0.4, 0.5) is 0 Å². The zero-order valence-electron chi connectivity index (χ0n) is 13.4. The highest BCUT2D eigenvalue weighted by molar-refractivity contribution is 5.76. The van der Waals surface area contributed by atoms with E-state index in [0.29, 0.717) is 26.1 Å². The van der Waals surface area contributed by atoms with Gasteiger partial charge in [0.1, 0.15) is 5.75 Å². The summed E-state index contributed by atoms with van der Waals surface area (Å²) < 4.78 is 5.61. The number of carbonyl (C=O) groups is 1. The summed E-state index contributed by atoms with van der Waals surface area (Å²) in [5.74, 6) is 1.00. The van der Waals surface area contributed by atoms with Crippen LogP contribution in [-0.4, -0.2) is 25.6 Å². The molecule has 4 heteroatoms. The topological polar surface area (TPSA) is 64.4 Å². The molecule has 0 aliphatic heterocycles. The van der Waals surface area contributed by atoms with Crippen LogP contribution in [0.25, 0.3) is 0 Å². The van der Waals surface area contributed by atoms with Crippen LogP contribution in [0, 0.1) is 5.41 Å². The average molecular weight is 304 g/mol. The summed E-state index contributed by atoms with van der Waals surface area (Å²) in [6.07, 6.45) is 7.26. The molecule has 1 aromatic rings. The minimum atomic E-state index is 0.0445. The molecule has 2 rings (SSSR count). The van der Waals surface area contributed by atoms with E-state index in [9.17, 15) is 4.79 Å². The molecule has 1 aromatic carbocycles. The van der Waals surface area contributed by atoms with Gasteiger partial charge in [0.05, 0.1) is 6.61 Å². The highest BCUT2D eigenvalue weighted by atomic mass is 16.5. The maximum absolute atomic E-state index is 12.1. The summed E-state index contributed by atoms with van der Waals surface area (Å²) in [7, 11) is 0. The Morgan fingerprint density at radius 2 is 1.91 bits per heavy atom. The van der Waals surface area contributed by atoms with E-state index in [1.807, 2.05) is 30.3 Å². The molecular formula is C18H28N2O2. The van der Waals surface area contributed by atoms with Crippen molar-refractivity contribution in [1.82, 2.24) is 5.32 Å². The molecule has 1 fully saturated rings. The van der Waals surface area contributed by atoms with Gasteiger partial charge in [-0.3, -0.25) is 4.79 Å². The van der Waals surface area contributed by atoms with Crippen molar-refractivity contribution in [1.29, 1.82) is 0 Å². The van der Waals surface area contributed by atoms with Crippen molar-refractivity contribution in [2.45, 2.75) is 44.9 Å². The molecule has 0 bridgehead atoms. The van der Waals surface area contributed by atoms with Gasteiger partial charge in [0.15, 0.2) is 0 Å². The molecule has 1 aliphatic carbocycles. The molecule has 22 heavy (non-hydrogen) atoms. The van der Waals surface area contributed by atoms with E-state index >= 15 is 0 Å². The number of hydrogen-bond acceptors (Lipinski definition) is 3. The predicted molar refractivity (Wildman–Crippen MR) is 88.8 cm³/mol. The van der Waals surface area contributed by atoms with Crippen LogP contribution in [0.1, 0.15) is 44.9 Å². The first-order valence-corrected chi connectivity index (χ1v) is 8.39. The molecule has 1 aliphatic rings. The quantitative estimate of drug-likeness (QED) is 0.726. The van der Waals surface area contributed by atoms with Crippen LogP contribution < -0.4 is 15.8 Å². The highest BCUT2D eigenvalue weighted by Gasteiger charge is 2.32. The lowest BCUT2D eigenvalue weighted by Gasteiger charge is -2.35. The normalized spacial score (nSPS) is 17.0. The van der Waals surface area contributed by atoms with E-state index in [0.717, 1.165) is 25.0 Å². The van der Waals surface area contributed by atoms with Gasteiger partial charge in [0.25, 0.3) is 0 Å². The second-order valence-electron chi connectivity index (χ2n) is 6.31. The van der Waals surface area contributed by atoms with E-state index in [1.165, 1.54) is 19.3 Å². The van der Waals surface area contributed by atoms with E-state index in [4.69, 9.17) is 10.5 Å². The van der Waals surface area contributed by atoms with Crippen LogP contribution in [0.3, 0.4) is 0 Å². The Labute approximate surface area is 133 Å². The van der Waals surface area contributed by atoms with Gasteiger partial charge in [-0.25, -0.2) is 0 Å². The lowest BCUT2D eigenvalue weighted by molar-refractivity contribution is -0.123. The summed E-state index contributed by atoms with van der Waals surface area (Å²) in [5.41, 5.74) is 5.97. The summed E-state index contributed by atoms with van der Waals surface area (Å²) >= 11 is 0. The van der Waals surface area contributed by atoms with Gasteiger partial charge in [0.2, 0.25) is 5.91 Å². The molecule has 0 atom stereocenters. The second-order valence-corrected chi connectivity index (χ2v) is 6.31. The van der Waals surface area contributed by atoms with Gasteiger partial charge in [-0.2, -0.15) is 0 Å². The predicted octanol–water partition coefficient (Wildman–Crippen LogP) is 2.87. The van der Waals surface area contributed by atoms with Crippen molar-refractivity contribution in [3.8, 4) is 5.75 Å². The molecule has 0 saturated heterocycles. The zero-order valence-corrected chi connectivity index (χ0v) is 13.4. The number of para-hydroxylation sites is 1. The van der Waals surface area contributed by atoms with Crippen molar-refractivity contribution in [2.75, 3.05) is 19.7 Å². The van der Waals surface area contributed by atoms with E-state index in [-0.39, 0.29) is 11.3 Å². The third kappa shape index (κ3) is 5.34. The molecule has 0 unspecified atom stereocenters. The van der Waals surface area contributed by atoms with Gasteiger partial charge in [-0.15, -0.1) is 0 Å². The number of ether oxygens (including phenoxy) is 1. The maximum Gasteiger partial charge on any atom is 0.220 e. The SMILES string of the molecule is NCC1(CC(=O)NCCCOc2ccccc2)CCCCC1. The molecule has 1 amide bonds. The van der Waals surface area contributed by atoms with Gasteiger partial charge in [0, 0.05) is 13.0 Å². The van der Waals surface area contributed by atoms with Crippen molar-refractivity contribution < 1.29 is 9.53 Å². The van der Waals surface area contributed by atoms with Crippen LogP contribution in [0.5, 0.6) is 5.75 Å². The van der Waals surface area contributed by atoms with Gasteiger partial charge in [-0.1, -0.05) is 37.5 Å². The van der Waals surface area contributed by atoms with Crippen molar-refractivity contribution >= 4 is 5.91 Å². The summed E-state index contributed by atoms with van der Waals surface area (Å²) in [6, 6.07) is 9.74. The third-order valence-electron chi connectivity index (χ3n) is 4.54. The summed E-state index contributed by atoms with van der Waals surface area (Å²) in [4.78, 5) is 12.1. The largest absolute Gasteiger partial charge is 0.494 e. The fourth-order valence-electron chi connectivity index (χ4n) is 3.16. The van der Waals surface area contributed by atoms with Crippen LogP contribution in [0.15, 0.2) is 30.3 Å². The van der Waals surface area contributed by atoms with Crippen LogP contribution in [-0.2, 0) is 4.79 Å². The number of hydrogen-bond donors (Lipinski definition) is 2. The first-order chi connectivity index (χ1) is 10.7. The number of carbonyl (C=O) groups excluding carboxylic acids is 1. The van der Waals surface area contributed by atoms with Gasteiger partial charge >= 0.3 is 0 Å². The third-order valence-corrected chi connectivity index (χ3v) is 4.54. The van der Waals surface area contributed by atoms with Crippen LogP contribution in [0.2, 0.25) is 0 Å². The molecule has 0 aromatic heterocycles. The number of benzene rings is 1. The molecule has 3 N–H and O–H groups in total. The zero-order chi connectivity index (χ0) is 15.7. The molecule has 4 nitrogen and oxygen atoms in total. The standard InChI is InChI=1S/C18H28N2O2/c19-15-18(10-5-2-6-11-18)14-17(21)20-12-7-13-22-16-8-3-1-4-9-16/h1,3-4,8-9H,2,5-7,10-15,19H2,(H,20,21). The average Bonchev–Trinajstić information content (AvgIpc) is 2.56. The molecular weight excluding hydrogens is 276 g/mol. The number of amides is 1. The van der Waals surface area contributed by atoms with E-state index in [2.05, 4.69) is 5.32 Å². The number of rotatable bonds is 8. The second kappa shape index (κ2) is 8.79. The minimum absolute atomic E-state index is 0.0445. The van der Waals surface area contributed by atoms with Gasteiger partial charge < -0.3 is 15.8 Å². The maximum atomic E-state index is 12.1. The Kier molecular flexibility index (Phi) is 6.72. The van der Waals surface area contributed by atoms with E-state index < -0.39 is 0 Å². The lowest BCUT2D eigenvalue weighted by Crippen LogP contribution is -2.39. The monoisotopic (exact) mass is 304 g/mol. The van der Waals surface area contributed by atoms with Crippen LogP contribution >= 0.6 is 0 Å². The summed E-state index contributed by atoms with van der Waals surface area (Å²) in [5, 5.41) is 3.00. The molecule has 0 spiro atoms. The minimum Gasteiger partial charge on any atom is -0.494 e. The Bertz CT molecular complexity index is 442. The molecule has 122 valence electrons. The van der Waals surface area contributed by atoms with E-state index in [1.54, 1.807) is 0 Å². The summed E-state index contributed by atoms with van der Waals surface area (Å²) in [6.45, 7) is 1.90.